The number of nitrogens with one attached hydrogen (secondary N) is 1. The van der Waals surface area contributed by atoms with Crippen LogP contribution in [-0.2, 0) is 4.79 Å². The first-order valence-electron chi connectivity index (χ1n) is 8.28. The van der Waals surface area contributed by atoms with Crippen molar-refractivity contribution in [2.24, 2.45) is 5.10 Å². The van der Waals surface area contributed by atoms with Crippen molar-refractivity contribution in [3.8, 4) is 5.75 Å². The number of halogens is 1. The summed E-state index contributed by atoms with van der Waals surface area (Å²) in [6.45, 7) is 5.59. The molecular formula is C19H20ClN3O4. The third-order valence-corrected chi connectivity index (χ3v) is 4.05. The van der Waals surface area contributed by atoms with E-state index in [1.807, 2.05) is 24.3 Å². The van der Waals surface area contributed by atoms with Crippen LogP contribution in [0.5, 0.6) is 5.75 Å². The molecule has 142 valence electrons. The van der Waals surface area contributed by atoms with E-state index in [0.29, 0.717) is 11.6 Å². The summed E-state index contributed by atoms with van der Waals surface area (Å²) < 4.78 is 5.21. The lowest BCUT2D eigenvalue weighted by atomic mass is 10.0. The molecule has 0 heterocycles. The van der Waals surface area contributed by atoms with Crippen LogP contribution in [0.3, 0.4) is 0 Å². The average molecular weight is 390 g/mol. The molecule has 0 saturated heterocycles. The molecule has 0 fully saturated rings. The van der Waals surface area contributed by atoms with E-state index in [9.17, 15) is 14.9 Å². The standard InChI is InChI=1S/C19H20ClN3O4/c1-12(2)14-4-6-15(7-5-14)13(3)21-22-19(24)11-27-18-9-8-16(20)10-17(18)23(25)26/h4-10,12H,11H2,1-3H3,(H,22,24). The molecule has 1 N–H and O–H groups in total. The van der Waals surface area contributed by atoms with Crippen molar-refractivity contribution in [2.45, 2.75) is 26.7 Å². The Kier molecular flexibility index (Phi) is 6.90. The number of nitro benzene ring substituents is 1. The molecule has 7 nitrogen and oxygen atoms in total. The molecule has 0 radical (unpaired) electrons. The van der Waals surface area contributed by atoms with Crippen LogP contribution in [0.2, 0.25) is 5.02 Å². The summed E-state index contributed by atoms with van der Waals surface area (Å²) in [6, 6.07) is 11.9. The number of rotatable bonds is 7. The molecule has 0 spiro atoms. The quantitative estimate of drug-likeness (QED) is 0.434. The van der Waals surface area contributed by atoms with Crippen LogP contribution >= 0.6 is 11.6 Å². The Hall–Kier alpha value is -2.93. The van der Waals surface area contributed by atoms with E-state index in [4.69, 9.17) is 16.3 Å². The van der Waals surface area contributed by atoms with Crippen LogP contribution in [-0.4, -0.2) is 23.1 Å². The normalized spacial score (nSPS) is 11.4. The first-order chi connectivity index (χ1) is 12.8. The van der Waals surface area contributed by atoms with Crippen molar-refractivity contribution in [2.75, 3.05) is 6.61 Å². The molecule has 0 bridgehead atoms. The zero-order chi connectivity index (χ0) is 20.0. The number of hydrazone groups is 1. The van der Waals surface area contributed by atoms with Gasteiger partial charge >= 0.3 is 5.69 Å². The average Bonchev–Trinajstić information content (AvgIpc) is 2.64. The molecule has 1 amide bonds. The lowest BCUT2D eigenvalue weighted by Gasteiger charge is -2.08. The number of benzene rings is 2. The zero-order valence-electron chi connectivity index (χ0n) is 15.2. The summed E-state index contributed by atoms with van der Waals surface area (Å²) in [7, 11) is 0. The molecule has 0 unspecified atom stereocenters. The Morgan fingerprint density at radius 2 is 1.93 bits per heavy atom. The van der Waals surface area contributed by atoms with E-state index in [1.54, 1.807) is 6.92 Å². The molecule has 0 aliphatic heterocycles. The van der Waals surface area contributed by atoms with Crippen LogP contribution in [0.15, 0.2) is 47.6 Å². The highest BCUT2D eigenvalue weighted by molar-refractivity contribution is 6.30. The monoisotopic (exact) mass is 389 g/mol. The minimum atomic E-state index is -0.623. The van der Waals surface area contributed by atoms with Crippen molar-refractivity contribution >= 4 is 28.9 Å². The molecular weight excluding hydrogens is 370 g/mol. The van der Waals surface area contributed by atoms with E-state index in [-0.39, 0.29) is 16.5 Å². The summed E-state index contributed by atoms with van der Waals surface area (Å²) in [5.41, 5.74) is 4.81. The van der Waals surface area contributed by atoms with Gasteiger partial charge in [-0.2, -0.15) is 5.10 Å². The second-order valence-corrected chi connectivity index (χ2v) is 6.60. The number of nitro groups is 1. The van der Waals surface area contributed by atoms with Crippen molar-refractivity contribution in [1.82, 2.24) is 5.43 Å². The second-order valence-electron chi connectivity index (χ2n) is 6.17. The first-order valence-corrected chi connectivity index (χ1v) is 8.66. The van der Waals surface area contributed by atoms with Gasteiger partial charge in [-0.3, -0.25) is 14.9 Å². The van der Waals surface area contributed by atoms with E-state index in [0.717, 1.165) is 11.6 Å². The van der Waals surface area contributed by atoms with Crippen LogP contribution in [0, 0.1) is 10.1 Å². The van der Waals surface area contributed by atoms with E-state index in [1.165, 1.54) is 17.7 Å². The molecule has 0 aromatic heterocycles. The predicted octanol–water partition coefficient (Wildman–Crippen LogP) is 4.29. The molecule has 0 atom stereocenters. The number of amides is 1. The number of hydrogen-bond acceptors (Lipinski definition) is 5. The third kappa shape index (κ3) is 5.79. The van der Waals surface area contributed by atoms with Gasteiger partial charge in [0.05, 0.1) is 10.6 Å². The lowest BCUT2D eigenvalue weighted by molar-refractivity contribution is -0.385. The third-order valence-electron chi connectivity index (χ3n) is 3.82. The summed E-state index contributed by atoms with van der Waals surface area (Å²) in [6.07, 6.45) is 0. The zero-order valence-corrected chi connectivity index (χ0v) is 16.0. The molecule has 2 aromatic rings. The largest absolute Gasteiger partial charge is 0.477 e. The van der Waals surface area contributed by atoms with Crippen LogP contribution < -0.4 is 10.2 Å². The minimum Gasteiger partial charge on any atom is -0.477 e. The van der Waals surface area contributed by atoms with Gasteiger partial charge in [-0.1, -0.05) is 49.7 Å². The van der Waals surface area contributed by atoms with Gasteiger partial charge in [0.1, 0.15) is 0 Å². The summed E-state index contributed by atoms with van der Waals surface area (Å²) >= 11 is 5.74. The van der Waals surface area contributed by atoms with Gasteiger partial charge in [0.2, 0.25) is 0 Å². The van der Waals surface area contributed by atoms with Crippen molar-refractivity contribution in [3.05, 3.63) is 68.7 Å². The van der Waals surface area contributed by atoms with Crippen LogP contribution in [0.25, 0.3) is 0 Å². The molecule has 2 aromatic carbocycles. The van der Waals surface area contributed by atoms with Crippen LogP contribution in [0.4, 0.5) is 5.69 Å². The summed E-state index contributed by atoms with van der Waals surface area (Å²) in [5.74, 6) is -0.132. The Labute approximate surface area is 162 Å². The molecule has 2 rings (SSSR count). The fourth-order valence-electron chi connectivity index (χ4n) is 2.25. The smallest absolute Gasteiger partial charge is 0.312 e. The highest BCUT2D eigenvalue weighted by atomic mass is 35.5. The van der Waals surface area contributed by atoms with E-state index < -0.39 is 17.4 Å². The fraction of sp³-hybridized carbons (Fsp3) is 0.263. The molecule has 27 heavy (non-hydrogen) atoms. The van der Waals surface area contributed by atoms with Crippen molar-refractivity contribution < 1.29 is 14.5 Å². The number of nitrogens with zero attached hydrogens (tertiary/aromatic N) is 2. The maximum atomic E-state index is 11.9. The van der Waals surface area contributed by atoms with Crippen molar-refractivity contribution in [1.29, 1.82) is 0 Å². The lowest BCUT2D eigenvalue weighted by Crippen LogP contribution is -2.25. The van der Waals surface area contributed by atoms with E-state index in [2.05, 4.69) is 24.4 Å². The summed E-state index contributed by atoms with van der Waals surface area (Å²) in [5, 5.41) is 15.2. The van der Waals surface area contributed by atoms with Gasteiger partial charge < -0.3 is 4.74 Å². The second kappa shape index (κ2) is 9.14. The molecule has 0 aliphatic rings. The summed E-state index contributed by atoms with van der Waals surface area (Å²) in [4.78, 5) is 22.3. The van der Waals surface area contributed by atoms with Crippen molar-refractivity contribution in [3.63, 3.8) is 0 Å². The topological polar surface area (TPSA) is 93.8 Å². The molecule has 0 aliphatic carbocycles. The van der Waals surface area contributed by atoms with Gasteiger partial charge in [-0.05, 0) is 36.1 Å². The number of hydrogen-bond donors (Lipinski definition) is 1. The Bertz CT molecular complexity index is 864. The van der Waals surface area contributed by atoms with E-state index >= 15 is 0 Å². The van der Waals surface area contributed by atoms with Gasteiger partial charge in [-0.15, -0.1) is 0 Å². The minimum absolute atomic E-state index is 0.0375. The Morgan fingerprint density at radius 3 is 2.52 bits per heavy atom. The first kappa shape index (κ1) is 20.4. The molecule has 0 saturated carbocycles. The van der Waals surface area contributed by atoms with Gasteiger partial charge in [0, 0.05) is 11.1 Å². The number of carbonyl (C=O) groups is 1. The van der Waals surface area contributed by atoms with Crippen LogP contribution in [0.1, 0.15) is 37.8 Å². The Balaban J connectivity index is 1.96. The highest BCUT2D eigenvalue weighted by Gasteiger charge is 2.16. The highest BCUT2D eigenvalue weighted by Crippen LogP contribution is 2.29. The van der Waals surface area contributed by atoms with Gasteiger partial charge in [-0.25, -0.2) is 5.43 Å². The van der Waals surface area contributed by atoms with Gasteiger partial charge in [0.25, 0.3) is 5.91 Å². The number of carbonyl (C=O) groups excluding carboxylic acids is 1. The maximum Gasteiger partial charge on any atom is 0.312 e. The Morgan fingerprint density at radius 1 is 1.26 bits per heavy atom. The maximum absolute atomic E-state index is 11.9. The van der Waals surface area contributed by atoms with Gasteiger partial charge in [0.15, 0.2) is 12.4 Å². The molecule has 8 heteroatoms. The SMILES string of the molecule is CC(=NNC(=O)COc1ccc(Cl)cc1[N+](=O)[O-])c1ccc(C(C)C)cc1. The predicted molar refractivity (Wildman–Crippen MR) is 104 cm³/mol. The fourth-order valence-corrected chi connectivity index (χ4v) is 2.42. The number of ether oxygens (including phenoxy) is 1.